The highest BCUT2D eigenvalue weighted by atomic mass is 19.1. The molecule has 0 aliphatic carbocycles. The first kappa shape index (κ1) is 13.7. The summed E-state index contributed by atoms with van der Waals surface area (Å²) in [6.45, 7) is 0. The molecule has 5 nitrogen and oxygen atoms in total. The van der Waals surface area contributed by atoms with E-state index >= 15 is 0 Å². The van der Waals surface area contributed by atoms with Gasteiger partial charge >= 0.3 is 6.03 Å². The third-order valence-electron chi connectivity index (χ3n) is 2.58. The topological polar surface area (TPSA) is 76.4 Å². The number of urea groups is 1. The van der Waals surface area contributed by atoms with E-state index in [0.29, 0.717) is 22.8 Å². The standard InChI is InChI=1S/C14H14FN3O2/c1-20-13-8-10(16)4-7-12(13)18-14(19)17-11-5-2-9(15)3-6-11/h2-8H,16H2,1H3,(H2,17,18,19). The lowest BCUT2D eigenvalue weighted by molar-refractivity contribution is 0.262. The van der Waals surface area contributed by atoms with Crippen LogP contribution in [0.5, 0.6) is 5.75 Å². The van der Waals surface area contributed by atoms with Crippen LogP contribution in [0, 0.1) is 5.82 Å². The minimum atomic E-state index is -0.459. The van der Waals surface area contributed by atoms with Crippen LogP contribution in [0.3, 0.4) is 0 Å². The third kappa shape index (κ3) is 3.38. The van der Waals surface area contributed by atoms with Crippen molar-refractivity contribution in [2.45, 2.75) is 0 Å². The number of amides is 2. The summed E-state index contributed by atoms with van der Waals surface area (Å²) in [5, 5.41) is 5.21. The first-order valence-electron chi connectivity index (χ1n) is 5.85. The Kier molecular flexibility index (Phi) is 4.05. The summed E-state index contributed by atoms with van der Waals surface area (Å²) < 4.78 is 17.9. The van der Waals surface area contributed by atoms with Gasteiger partial charge in [-0.1, -0.05) is 0 Å². The minimum absolute atomic E-state index is 0.365. The van der Waals surface area contributed by atoms with E-state index in [4.69, 9.17) is 10.5 Å². The maximum Gasteiger partial charge on any atom is 0.323 e. The van der Waals surface area contributed by atoms with Crippen molar-refractivity contribution in [1.82, 2.24) is 0 Å². The molecule has 2 aromatic carbocycles. The molecule has 4 N–H and O–H groups in total. The van der Waals surface area contributed by atoms with E-state index in [1.165, 1.54) is 31.4 Å². The van der Waals surface area contributed by atoms with Gasteiger partial charge in [-0.25, -0.2) is 9.18 Å². The Morgan fingerprint density at radius 1 is 1.15 bits per heavy atom. The molecule has 0 saturated heterocycles. The fourth-order valence-electron chi connectivity index (χ4n) is 1.63. The molecule has 0 aromatic heterocycles. The second kappa shape index (κ2) is 5.92. The molecule has 2 rings (SSSR count). The first-order chi connectivity index (χ1) is 9.58. The van der Waals surface area contributed by atoms with Crippen molar-refractivity contribution in [3.63, 3.8) is 0 Å². The predicted octanol–water partition coefficient (Wildman–Crippen LogP) is 3.06. The summed E-state index contributed by atoms with van der Waals surface area (Å²) in [6, 6.07) is 9.89. The van der Waals surface area contributed by atoms with Crippen LogP contribution < -0.4 is 21.1 Å². The van der Waals surface area contributed by atoms with Crippen molar-refractivity contribution in [1.29, 1.82) is 0 Å². The van der Waals surface area contributed by atoms with Gasteiger partial charge < -0.3 is 21.1 Å². The average Bonchev–Trinajstić information content (AvgIpc) is 2.43. The van der Waals surface area contributed by atoms with Gasteiger partial charge in [-0.2, -0.15) is 0 Å². The monoisotopic (exact) mass is 275 g/mol. The lowest BCUT2D eigenvalue weighted by Gasteiger charge is -2.11. The van der Waals surface area contributed by atoms with Crippen molar-refractivity contribution < 1.29 is 13.9 Å². The molecule has 0 radical (unpaired) electrons. The van der Waals surface area contributed by atoms with Gasteiger partial charge in [-0.05, 0) is 36.4 Å². The molecule has 2 aromatic rings. The van der Waals surface area contributed by atoms with Crippen molar-refractivity contribution in [2.75, 3.05) is 23.5 Å². The molecular weight excluding hydrogens is 261 g/mol. The van der Waals surface area contributed by atoms with Crippen LogP contribution in [0.2, 0.25) is 0 Å². The van der Waals surface area contributed by atoms with E-state index in [1.54, 1.807) is 18.2 Å². The highest BCUT2D eigenvalue weighted by molar-refractivity contribution is 6.00. The van der Waals surface area contributed by atoms with Crippen LogP contribution in [0.1, 0.15) is 0 Å². The average molecular weight is 275 g/mol. The fraction of sp³-hybridized carbons (Fsp3) is 0.0714. The SMILES string of the molecule is COc1cc(N)ccc1NC(=O)Nc1ccc(F)cc1. The Bertz CT molecular complexity index is 614. The molecule has 20 heavy (non-hydrogen) atoms. The number of hydrogen-bond acceptors (Lipinski definition) is 3. The molecule has 6 heteroatoms. The second-order valence-electron chi connectivity index (χ2n) is 4.05. The van der Waals surface area contributed by atoms with Gasteiger partial charge in [0.15, 0.2) is 0 Å². The number of nitrogen functional groups attached to an aromatic ring is 1. The molecule has 104 valence electrons. The van der Waals surface area contributed by atoms with E-state index in [-0.39, 0.29) is 5.82 Å². The number of halogens is 1. The Labute approximate surface area is 115 Å². The molecule has 0 bridgehead atoms. The number of ether oxygens (including phenoxy) is 1. The Morgan fingerprint density at radius 3 is 2.50 bits per heavy atom. The van der Waals surface area contributed by atoms with Gasteiger partial charge in [-0.3, -0.25) is 0 Å². The number of methoxy groups -OCH3 is 1. The number of carbonyl (C=O) groups excluding carboxylic acids is 1. The molecule has 0 aliphatic heterocycles. The molecule has 0 saturated carbocycles. The molecule has 0 atom stereocenters. The summed E-state index contributed by atoms with van der Waals surface area (Å²) in [4.78, 5) is 11.8. The number of anilines is 3. The minimum Gasteiger partial charge on any atom is -0.494 e. The van der Waals surface area contributed by atoms with Crippen molar-refractivity contribution in [3.05, 3.63) is 48.3 Å². The number of benzene rings is 2. The second-order valence-corrected chi connectivity index (χ2v) is 4.05. The zero-order valence-corrected chi connectivity index (χ0v) is 10.8. The number of nitrogens with two attached hydrogens (primary N) is 1. The third-order valence-corrected chi connectivity index (χ3v) is 2.58. The first-order valence-corrected chi connectivity index (χ1v) is 5.85. The number of nitrogens with one attached hydrogen (secondary N) is 2. The lowest BCUT2D eigenvalue weighted by Crippen LogP contribution is -2.19. The lowest BCUT2D eigenvalue weighted by atomic mass is 10.2. The molecular formula is C14H14FN3O2. The van der Waals surface area contributed by atoms with Crippen LogP contribution in [0.4, 0.5) is 26.2 Å². The maximum absolute atomic E-state index is 12.8. The van der Waals surface area contributed by atoms with E-state index in [2.05, 4.69) is 10.6 Å². The maximum atomic E-state index is 12.8. The zero-order valence-electron chi connectivity index (χ0n) is 10.8. The van der Waals surface area contributed by atoms with Gasteiger partial charge in [0.05, 0.1) is 12.8 Å². The molecule has 0 aliphatic rings. The van der Waals surface area contributed by atoms with Gasteiger partial charge in [0.2, 0.25) is 0 Å². The summed E-state index contributed by atoms with van der Waals surface area (Å²) in [5.74, 6) is 0.0930. The fourth-order valence-corrected chi connectivity index (χ4v) is 1.63. The zero-order chi connectivity index (χ0) is 14.5. The van der Waals surface area contributed by atoms with E-state index in [1.807, 2.05) is 0 Å². The van der Waals surface area contributed by atoms with Crippen molar-refractivity contribution in [3.8, 4) is 5.75 Å². The summed E-state index contributed by atoms with van der Waals surface area (Å²) >= 11 is 0. The molecule has 0 heterocycles. The van der Waals surface area contributed by atoms with Gasteiger partial charge in [0.1, 0.15) is 11.6 Å². The van der Waals surface area contributed by atoms with Gasteiger partial charge in [0, 0.05) is 17.4 Å². The Balaban J connectivity index is 2.06. The normalized spacial score (nSPS) is 9.90. The van der Waals surface area contributed by atoms with Crippen molar-refractivity contribution in [2.24, 2.45) is 0 Å². The molecule has 0 fully saturated rings. The summed E-state index contributed by atoms with van der Waals surface area (Å²) in [7, 11) is 1.48. The van der Waals surface area contributed by atoms with Crippen LogP contribution >= 0.6 is 0 Å². The van der Waals surface area contributed by atoms with E-state index in [9.17, 15) is 9.18 Å². The van der Waals surface area contributed by atoms with Gasteiger partial charge in [-0.15, -0.1) is 0 Å². The summed E-state index contributed by atoms with van der Waals surface area (Å²) in [5.41, 5.74) is 7.13. The highest BCUT2D eigenvalue weighted by Crippen LogP contribution is 2.26. The largest absolute Gasteiger partial charge is 0.494 e. The number of hydrogen-bond donors (Lipinski definition) is 3. The quantitative estimate of drug-likeness (QED) is 0.753. The molecule has 0 spiro atoms. The Morgan fingerprint density at radius 2 is 1.85 bits per heavy atom. The van der Waals surface area contributed by atoms with E-state index in [0.717, 1.165) is 0 Å². The Hall–Kier alpha value is -2.76. The van der Waals surface area contributed by atoms with Crippen LogP contribution in [0.25, 0.3) is 0 Å². The molecule has 2 amide bonds. The number of carbonyl (C=O) groups is 1. The molecule has 0 unspecified atom stereocenters. The summed E-state index contributed by atoms with van der Waals surface area (Å²) in [6.07, 6.45) is 0. The predicted molar refractivity (Wildman–Crippen MR) is 76.4 cm³/mol. The van der Waals surface area contributed by atoms with Crippen molar-refractivity contribution >= 4 is 23.1 Å². The van der Waals surface area contributed by atoms with Gasteiger partial charge in [0.25, 0.3) is 0 Å². The van der Waals surface area contributed by atoms with Crippen LogP contribution in [0.15, 0.2) is 42.5 Å². The van der Waals surface area contributed by atoms with E-state index < -0.39 is 6.03 Å². The number of rotatable bonds is 3. The smallest absolute Gasteiger partial charge is 0.323 e. The van der Waals surface area contributed by atoms with Crippen LogP contribution in [-0.4, -0.2) is 13.1 Å². The highest BCUT2D eigenvalue weighted by Gasteiger charge is 2.08. The van der Waals surface area contributed by atoms with Crippen LogP contribution in [-0.2, 0) is 0 Å².